The minimum atomic E-state index is -2.49. The zero-order valence-corrected chi connectivity index (χ0v) is 29.2. The van der Waals surface area contributed by atoms with Gasteiger partial charge in [-0.3, -0.25) is 14.3 Å². The summed E-state index contributed by atoms with van der Waals surface area (Å²) in [6.45, 7) is 7.33. The molecule has 1 aliphatic rings. The van der Waals surface area contributed by atoms with E-state index in [2.05, 4.69) is 4.98 Å². The Morgan fingerprint density at radius 1 is 0.894 bits per heavy atom. The second kappa shape index (κ2) is 14.5. The molecular weight excluding hydrogens is 639 g/mol. The van der Waals surface area contributed by atoms with Crippen LogP contribution in [0.4, 0.5) is 0 Å². The first-order valence-electron chi connectivity index (χ1n) is 15.2. The smallest absolute Gasteiger partial charge is 0.497 e. The predicted molar refractivity (Wildman–Crippen MR) is 180 cm³/mol. The van der Waals surface area contributed by atoms with E-state index in [1.807, 2.05) is 98.5 Å². The maximum atomic E-state index is 13.1. The molecule has 11 nitrogen and oxygen atoms in total. The number of nitrogens with zero attached hydrogens (tertiary/aromatic N) is 1. The summed E-state index contributed by atoms with van der Waals surface area (Å²) in [7, 11) is -1.48. The van der Waals surface area contributed by atoms with Gasteiger partial charge in [-0.1, -0.05) is 54.6 Å². The van der Waals surface area contributed by atoms with Gasteiger partial charge in [0.1, 0.15) is 35.5 Å². The molecule has 1 N–H and O–H groups in total. The number of aromatic nitrogens is 2. The van der Waals surface area contributed by atoms with E-state index in [1.54, 1.807) is 21.1 Å². The summed E-state index contributed by atoms with van der Waals surface area (Å²) in [5.41, 5.74) is 0.598. The number of methoxy groups -OCH3 is 2. The first-order valence-corrected chi connectivity index (χ1v) is 19.7. The number of ether oxygens (including phenoxy) is 4. The second-order valence-electron chi connectivity index (χ2n) is 12.2. The second-order valence-corrected chi connectivity index (χ2v) is 17.8. The molecule has 0 aliphatic carbocycles. The number of rotatable bonds is 13. The van der Waals surface area contributed by atoms with E-state index < -0.39 is 51.9 Å². The van der Waals surface area contributed by atoms with Crippen LogP contribution in [0.3, 0.4) is 0 Å². The summed E-state index contributed by atoms with van der Waals surface area (Å²) in [6, 6.07) is 25.1. The SMILES string of the molecule is COc1ccc(C(OC[C@H]2O[C@@H](n3cc(C)c(=O)[nH]c3=O)C[C@@H]2O[P+](=O)O[Si](C)(C)C)(c2ccccc2)c2ccc(OC)cc2)cc1. The quantitative estimate of drug-likeness (QED) is 0.102. The molecule has 1 aromatic heterocycles. The van der Waals surface area contributed by atoms with E-state index in [0.29, 0.717) is 17.1 Å². The van der Waals surface area contributed by atoms with Crippen LogP contribution < -0.4 is 20.7 Å². The summed E-state index contributed by atoms with van der Waals surface area (Å²) in [6.07, 6.45) is -0.741. The van der Waals surface area contributed by atoms with Gasteiger partial charge in [0.15, 0.2) is 0 Å². The zero-order chi connectivity index (χ0) is 33.8. The molecule has 47 heavy (non-hydrogen) atoms. The molecule has 2 heterocycles. The number of H-pyrrole nitrogens is 1. The number of hydrogen-bond acceptors (Lipinski definition) is 9. The van der Waals surface area contributed by atoms with Crippen LogP contribution in [0.1, 0.15) is 34.9 Å². The van der Waals surface area contributed by atoms with Crippen LogP contribution >= 0.6 is 8.25 Å². The fraction of sp³-hybridized carbons (Fsp3) is 0.353. The molecule has 13 heteroatoms. The van der Waals surface area contributed by atoms with Crippen LogP contribution in [-0.4, -0.2) is 50.9 Å². The average Bonchev–Trinajstić information content (AvgIpc) is 3.45. The molecule has 4 atom stereocenters. The molecule has 0 amide bonds. The summed E-state index contributed by atoms with van der Waals surface area (Å²) in [4.78, 5) is 27.3. The highest BCUT2D eigenvalue weighted by atomic mass is 31.1. The summed E-state index contributed by atoms with van der Waals surface area (Å²) in [5, 5.41) is 0. The largest absolute Gasteiger partial charge is 0.685 e. The molecule has 248 valence electrons. The van der Waals surface area contributed by atoms with Gasteiger partial charge in [0, 0.05) is 22.7 Å². The maximum Gasteiger partial charge on any atom is 0.685 e. The Kier molecular flexibility index (Phi) is 10.6. The Balaban J connectivity index is 1.57. The fourth-order valence-electron chi connectivity index (χ4n) is 5.57. The van der Waals surface area contributed by atoms with E-state index >= 15 is 0 Å². The zero-order valence-electron chi connectivity index (χ0n) is 27.3. The lowest BCUT2D eigenvalue weighted by molar-refractivity contribution is -0.0916. The molecule has 1 fully saturated rings. The van der Waals surface area contributed by atoms with E-state index in [1.165, 1.54) is 10.8 Å². The van der Waals surface area contributed by atoms with Crippen LogP contribution in [0, 0.1) is 6.92 Å². The van der Waals surface area contributed by atoms with Crippen molar-refractivity contribution in [3.63, 3.8) is 0 Å². The van der Waals surface area contributed by atoms with Crippen molar-refractivity contribution in [2.24, 2.45) is 0 Å². The van der Waals surface area contributed by atoms with Gasteiger partial charge in [0.25, 0.3) is 13.9 Å². The lowest BCUT2D eigenvalue weighted by Crippen LogP contribution is -2.38. The normalized spacial score (nSPS) is 18.6. The van der Waals surface area contributed by atoms with Gasteiger partial charge >= 0.3 is 13.9 Å². The molecule has 1 unspecified atom stereocenters. The summed E-state index contributed by atoms with van der Waals surface area (Å²) < 4.78 is 50.4. The van der Waals surface area contributed by atoms with E-state index in [9.17, 15) is 14.2 Å². The van der Waals surface area contributed by atoms with Crippen molar-refractivity contribution >= 4 is 16.6 Å². The van der Waals surface area contributed by atoms with Crippen LogP contribution in [0.5, 0.6) is 11.5 Å². The standard InChI is InChI=1S/C34H39N2O9PSi/c1-23-21-36(33(38)35-32(23)37)31-20-29(44-46(39)45-47(4,5)6)30(43-31)22-42-34(24-10-8-7-9-11-24,25-12-16-27(40-2)17-13-25)26-14-18-28(41-3)19-15-26/h7-19,21,29-31H,20,22H2,1-6H3/p+1/t29-,30+,31+/m0/s1. The Hall–Kier alpha value is -3.90. The van der Waals surface area contributed by atoms with E-state index in [4.69, 9.17) is 27.7 Å². The van der Waals surface area contributed by atoms with Crippen molar-refractivity contribution in [2.45, 2.75) is 57.0 Å². The van der Waals surface area contributed by atoms with E-state index in [0.717, 1.165) is 16.7 Å². The third-order valence-electron chi connectivity index (χ3n) is 7.84. The lowest BCUT2D eigenvalue weighted by atomic mass is 9.80. The highest BCUT2D eigenvalue weighted by molar-refractivity contribution is 7.35. The molecule has 0 spiro atoms. The Bertz CT molecular complexity index is 1740. The van der Waals surface area contributed by atoms with Gasteiger partial charge in [-0.15, -0.1) is 4.52 Å². The number of benzene rings is 3. The van der Waals surface area contributed by atoms with Crippen LogP contribution in [0.15, 0.2) is 94.6 Å². The molecule has 0 saturated carbocycles. The molecule has 0 radical (unpaired) electrons. The summed E-state index contributed by atoms with van der Waals surface area (Å²) >= 11 is 0. The van der Waals surface area contributed by atoms with Crippen LogP contribution in [0.2, 0.25) is 19.6 Å². The van der Waals surface area contributed by atoms with Crippen LogP contribution in [-0.2, 0) is 28.4 Å². The first kappa shape index (κ1) is 34.4. The van der Waals surface area contributed by atoms with Gasteiger partial charge in [0.2, 0.25) is 0 Å². The Labute approximate surface area is 275 Å². The average molecular weight is 680 g/mol. The van der Waals surface area contributed by atoms with Crippen molar-refractivity contribution < 1.29 is 32.2 Å². The summed E-state index contributed by atoms with van der Waals surface area (Å²) in [5.74, 6) is 1.38. The molecule has 3 aromatic carbocycles. The molecular formula is C34H40N2O9PSi+. The Morgan fingerprint density at radius 3 is 1.98 bits per heavy atom. The molecule has 5 rings (SSSR count). The van der Waals surface area contributed by atoms with Crippen molar-refractivity contribution in [1.82, 2.24) is 9.55 Å². The van der Waals surface area contributed by atoms with Crippen molar-refractivity contribution in [2.75, 3.05) is 20.8 Å². The van der Waals surface area contributed by atoms with E-state index in [-0.39, 0.29) is 13.0 Å². The van der Waals surface area contributed by atoms with Crippen LogP contribution in [0.25, 0.3) is 0 Å². The minimum absolute atomic E-state index is 0.0265. The van der Waals surface area contributed by atoms with Crippen molar-refractivity contribution in [3.8, 4) is 11.5 Å². The number of aryl methyl sites for hydroxylation is 1. The highest BCUT2D eigenvalue weighted by Gasteiger charge is 2.47. The number of hydrogen-bond donors (Lipinski definition) is 1. The highest BCUT2D eigenvalue weighted by Crippen LogP contribution is 2.44. The molecule has 1 aliphatic heterocycles. The fourth-order valence-corrected chi connectivity index (χ4v) is 7.97. The third kappa shape index (κ3) is 7.81. The molecule has 1 saturated heterocycles. The minimum Gasteiger partial charge on any atom is -0.497 e. The monoisotopic (exact) mass is 679 g/mol. The lowest BCUT2D eigenvalue weighted by Gasteiger charge is -2.37. The molecule has 0 bridgehead atoms. The topological polar surface area (TPSA) is 127 Å². The number of aromatic amines is 1. The molecule has 4 aromatic rings. The van der Waals surface area contributed by atoms with Crippen molar-refractivity contribution in [3.05, 3.63) is 128 Å². The first-order chi connectivity index (χ1) is 22.4. The van der Waals surface area contributed by atoms with Gasteiger partial charge in [0.05, 0.1) is 20.8 Å². The number of nitrogens with one attached hydrogen (secondary N) is 1. The predicted octanol–water partition coefficient (Wildman–Crippen LogP) is 6.05. The maximum absolute atomic E-state index is 13.1. The van der Waals surface area contributed by atoms with Gasteiger partial charge in [-0.25, -0.2) is 4.79 Å². The van der Waals surface area contributed by atoms with Gasteiger partial charge < -0.3 is 18.9 Å². The van der Waals surface area contributed by atoms with Crippen molar-refractivity contribution in [1.29, 1.82) is 0 Å². The van der Waals surface area contributed by atoms with Gasteiger partial charge in [-0.05, 0) is 67.5 Å². The Morgan fingerprint density at radius 2 is 1.45 bits per heavy atom. The third-order valence-corrected chi connectivity index (χ3v) is 11.1. The van der Waals surface area contributed by atoms with Gasteiger partial charge in [-0.2, -0.15) is 4.21 Å².